The third-order valence-corrected chi connectivity index (χ3v) is 3.93. The Kier molecular flexibility index (Phi) is 9.63. The van der Waals surface area contributed by atoms with Gasteiger partial charge in [-0.3, -0.25) is 0 Å². The summed E-state index contributed by atoms with van der Waals surface area (Å²) in [5.41, 5.74) is 5.84. The highest BCUT2D eigenvalue weighted by molar-refractivity contribution is 5.44. The molecule has 0 rings (SSSR count). The van der Waals surface area contributed by atoms with Crippen molar-refractivity contribution >= 4 is 0 Å². The molecule has 0 nitrogen and oxygen atoms in total. The summed E-state index contributed by atoms with van der Waals surface area (Å²) in [5, 5.41) is 0. The van der Waals surface area contributed by atoms with Gasteiger partial charge in [0.05, 0.1) is 0 Å². The molecule has 0 aromatic carbocycles. The maximum atomic E-state index is 4.33. The zero-order valence-corrected chi connectivity index (χ0v) is 15.0. The number of allylic oxidation sites excluding steroid dienone is 5. The fraction of sp³-hybridized carbons (Fsp3) is 0.700. The quantitative estimate of drug-likeness (QED) is 0.394. The summed E-state index contributed by atoms with van der Waals surface area (Å²) >= 11 is 0. The van der Waals surface area contributed by atoms with E-state index in [0.717, 1.165) is 6.42 Å². The van der Waals surface area contributed by atoms with Crippen molar-refractivity contribution in [3.63, 3.8) is 0 Å². The second kappa shape index (κ2) is 10.0. The first kappa shape index (κ1) is 19.2. The van der Waals surface area contributed by atoms with Gasteiger partial charge >= 0.3 is 0 Å². The first-order valence-corrected chi connectivity index (χ1v) is 8.45. The Morgan fingerprint density at radius 1 is 1.00 bits per heavy atom. The van der Waals surface area contributed by atoms with Crippen LogP contribution in [0.2, 0.25) is 0 Å². The Labute approximate surface area is 128 Å². The molecule has 0 unspecified atom stereocenters. The Bertz CT molecular complexity index is 350. The molecule has 0 aliphatic heterocycles. The fourth-order valence-corrected chi connectivity index (χ4v) is 2.71. The molecule has 0 saturated heterocycles. The van der Waals surface area contributed by atoms with Gasteiger partial charge in [0.1, 0.15) is 0 Å². The first-order valence-electron chi connectivity index (χ1n) is 8.45. The number of hydrogen-bond acceptors (Lipinski definition) is 0. The van der Waals surface area contributed by atoms with E-state index >= 15 is 0 Å². The predicted octanol–water partition coefficient (Wildman–Crippen LogP) is 7.09. The standard InChI is InChI=1S/C20H36/c1-9-11-13-17(7)18(8)20(16(5)6)19(15(3)4)14-12-10-2/h14-16H,7,9-13H2,1-6,8H3. The lowest BCUT2D eigenvalue weighted by Gasteiger charge is -2.23. The molecule has 0 heterocycles. The SMILES string of the molecule is C=C(CCCC)C(C)=C(C(=CCCC)C(C)C)C(C)C. The summed E-state index contributed by atoms with van der Waals surface area (Å²) in [4.78, 5) is 0. The van der Waals surface area contributed by atoms with Crippen LogP contribution in [0.15, 0.2) is 34.9 Å². The van der Waals surface area contributed by atoms with Gasteiger partial charge in [-0.05, 0) is 54.7 Å². The number of hydrogen-bond donors (Lipinski definition) is 0. The monoisotopic (exact) mass is 276 g/mol. The van der Waals surface area contributed by atoms with Crippen LogP contribution in [-0.2, 0) is 0 Å². The van der Waals surface area contributed by atoms with Crippen LogP contribution in [0.3, 0.4) is 0 Å². The molecule has 0 heteroatoms. The number of unbranched alkanes of at least 4 members (excludes halogenated alkanes) is 2. The average Bonchev–Trinajstić information content (AvgIpc) is 2.39. The maximum absolute atomic E-state index is 4.33. The van der Waals surface area contributed by atoms with Crippen LogP contribution in [-0.4, -0.2) is 0 Å². The summed E-state index contributed by atoms with van der Waals surface area (Å²) in [6, 6.07) is 0. The van der Waals surface area contributed by atoms with E-state index in [9.17, 15) is 0 Å². The van der Waals surface area contributed by atoms with Crippen LogP contribution >= 0.6 is 0 Å². The van der Waals surface area contributed by atoms with E-state index in [1.807, 2.05) is 0 Å². The van der Waals surface area contributed by atoms with Crippen molar-refractivity contribution in [1.29, 1.82) is 0 Å². The molecule has 0 radical (unpaired) electrons. The Hall–Kier alpha value is -0.780. The van der Waals surface area contributed by atoms with Gasteiger partial charge in [0, 0.05) is 0 Å². The van der Waals surface area contributed by atoms with Gasteiger partial charge in [0.2, 0.25) is 0 Å². The number of rotatable bonds is 9. The van der Waals surface area contributed by atoms with Crippen molar-refractivity contribution in [3.8, 4) is 0 Å². The lowest BCUT2D eigenvalue weighted by molar-refractivity contribution is 0.685. The van der Waals surface area contributed by atoms with Crippen molar-refractivity contribution in [2.45, 2.75) is 80.6 Å². The van der Waals surface area contributed by atoms with Crippen molar-refractivity contribution in [3.05, 3.63) is 34.9 Å². The second-order valence-electron chi connectivity index (χ2n) is 6.50. The van der Waals surface area contributed by atoms with Crippen molar-refractivity contribution in [1.82, 2.24) is 0 Å². The molecule has 0 aliphatic rings. The highest BCUT2D eigenvalue weighted by Crippen LogP contribution is 2.33. The molecule has 0 bridgehead atoms. The lowest BCUT2D eigenvalue weighted by Crippen LogP contribution is -2.08. The minimum Gasteiger partial charge on any atom is -0.0956 e. The summed E-state index contributed by atoms with van der Waals surface area (Å²) in [6.45, 7) is 20.4. The van der Waals surface area contributed by atoms with Crippen molar-refractivity contribution in [2.75, 3.05) is 0 Å². The third kappa shape index (κ3) is 6.11. The molecule has 0 atom stereocenters. The molecule has 0 spiro atoms. The Morgan fingerprint density at radius 3 is 2.00 bits per heavy atom. The topological polar surface area (TPSA) is 0 Å². The molecule has 0 aliphatic carbocycles. The summed E-state index contributed by atoms with van der Waals surface area (Å²) in [7, 11) is 0. The highest BCUT2D eigenvalue weighted by atomic mass is 14.2. The van der Waals surface area contributed by atoms with Gasteiger partial charge in [-0.25, -0.2) is 0 Å². The van der Waals surface area contributed by atoms with E-state index in [1.54, 1.807) is 0 Å². The van der Waals surface area contributed by atoms with Crippen LogP contribution < -0.4 is 0 Å². The van der Waals surface area contributed by atoms with E-state index < -0.39 is 0 Å². The van der Waals surface area contributed by atoms with E-state index in [0.29, 0.717) is 11.8 Å². The molecule has 0 saturated carbocycles. The zero-order valence-electron chi connectivity index (χ0n) is 15.0. The second-order valence-corrected chi connectivity index (χ2v) is 6.50. The molecule has 0 N–H and O–H groups in total. The van der Waals surface area contributed by atoms with E-state index in [4.69, 9.17) is 0 Å². The molecular weight excluding hydrogens is 240 g/mol. The summed E-state index contributed by atoms with van der Waals surface area (Å²) < 4.78 is 0. The van der Waals surface area contributed by atoms with Crippen LogP contribution in [0.5, 0.6) is 0 Å². The van der Waals surface area contributed by atoms with Crippen molar-refractivity contribution in [2.24, 2.45) is 11.8 Å². The Balaban J connectivity index is 5.52. The first-order chi connectivity index (χ1) is 9.36. The third-order valence-electron chi connectivity index (χ3n) is 3.93. The Morgan fingerprint density at radius 2 is 1.60 bits per heavy atom. The maximum Gasteiger partial charge on any atom is -0.0213 e. The van der Waals surface area contributed by atoms with Crippen LogP contribution in [0.1, 0.15) is 80.6 Å². The van der Waals surface area contributed by atoms with E-state index in [-0.39, 0.29) is 0 Å². The van der Waals surface area contributed by atoms with Crippen molar-refractivity contribution < 1.29 is 0 Å². The minimum absolute atomic E-state index is 0.568. The van der Waals surface area contributed by atoms with Crippen LogP contribution in [0, 0.1) is 11.8 Å². The van der Waals surface area contributed by atoms with E-state index in [2.05, 4.69) is 61.1 Å². The normalized spacial score (nSPS) is 13.9. The zero-order chi connectivity index (χ0) is 15.7. The van der Waals surface area contributed by atoms with Gasteiger partial charge in [0.25, 0.3) is 0 Å². The van der Waals surface area contributed by atoms with Gasteiger partial charge in [0.15, 0.2) is 0 Å². The van der Waals surface area contributed by atoms with E-state index in [1.165, 1.54) is 48.0 Å². The minimum atomic E-state index is 0.568. The summed E-state index contributed by atoms with van der Waals surface area (Å²) in [6.07, 6.45) is 8.48. The smallest absolute Gasteiger partial charge is 0.0213 e. The molecule has 116 valence electrons. The highest BCUT2D eigenvalue weighted by Gasteiger charge is 2.16. The molecule has 0 aromatic heterocycles. The van der Waals surface area contributed by atoms with Gasteiger partial charge in [-0.2, -0.15) is 0 Å². The molecule has 20 heavy (non-hydrogen) atoms. The van der Waals surface area contributed by atoms with Crippen LogP contribution in [0.25, 0.3) is 0 Å². The average molecular weight is 277 g/mol. The summed E-state index contributed by atoms with van der Waals surface area (Å²) in [5.74, 6) is 1.16. The molecular formula is C20H36. The fourth-order valence-electron chi connectivity index (χ4n) is 2.71. The largest absolute Gasteiger partial charge is 0.0956 e. The van der Waals surface area contributed by atoms with Gasteiger partial charge < -0.3 is 0 Å². The lowest BCUT2D eigenvalue weighted by atomic mass is 9.82. The predicted molar refractivity (Wildman–Crippen MR) is 94.0 cm³/mol. The molecule has 0 amide bonds. The van der Waals surface area contributed by atoms with Gasteiger partial charge in [-0.1, -0.05) is 72.6 Å². The van der Waals surface area contributed by atoms with Gasteiger partial charge in [-0.15, -0.1) is 0 Å². The molecule has 0 fully saturated rings. The van der Waals surface area contributed by atoms with Crippen LogP contribution in [0.4, 0.5) is 0 Å². The molecule has 0 aromatic rings.